The van der Waals surface area contributed by atoms with Crippen molar-refractivity contribution < 1.29 is 26.7 Å². The molecular formula is C9H3F5N2O. The first-order valence-corrected chi connectivity index (χ1v) is 4.06. The van der Waals surface area contributed by atoms with Crippen molar-refractivity contribution in [3.63, 3.8) is 0 Å². The largest absolute Gasteiger partial charge is 0.434 e. The summed E-state index contributed by atoms with van der Waals surface area (Å²) in [4.78, 5) is 13.0. The molecule has 0 aliphatic carbocycles. The van der Waals surface area contributed by atoms with Gasteiger partial charge in [-0.05, 0) is 6.07 Å². The van der Waals surface area contributed by atoms with Crippen LogP contribution in [-0.4, -0.2) is 11.3 Å². The van der Waals surface area contributed by atoms with Crippen molar-refractivity contribution in [2.24, 2.45) is 0 Å². The van der Waals surface area contributed by atoms with E-state index in [1.165, 1.54) is 6.07 Å². The van der Waals surface area contributed by atoms with Crippen LogP contribution in [0.25, 0.3) is 0 Å². The maximum atomic E-state index is 12.4. The van der Waals surface area contributed by atoms with Crippen molar-refractivity contribution >= 4 is 6.29 Å². The fourth-order valence-corrected chi connectivity index (χ4v) is 1.12. The molecule has 90 valence electrons. The minimum atomic E-state index is -5.03. The molecule has 0 saturated carbocycles. The summed E-state index contributed by atoms with van der Waals surface area (Å²) >= 11 is 0. The number of halogens is 5. The third-order valence-electron chi connectivity index (χ3n) is 1.80. The Morgan fingerprint density at radius 3 is 2.35 bits per heavy atom. The smallest absolute Gasteiger partial charge is 0.298 e. The molecule has 0 spiro atoms. The molecule has 0 radical (unpaired) electrons. The molecule has 0 fully saturated rings. The van der Waals surface area contributed by atoms with Gasteiger partial charge in [-0.25, -0.2) is 13.8 Å². The second-order valence-corrected chi connectivity index (χ2v) is 2.89. The van der Waals surface area contributed by atoms with Gasteiger partial charge in [0.15, 0.2) is 12.0 Å². The second kappa shape index (κ2) is 4.45. The van der Waals surface area contributed by atoms with Crippen LogP contribution in [0.4, 0.5) is 22.0 Å². The average molecular weight is 250 g/mol. The maximum Gasteiger partial charge on any atom is 0.434 e. The van der Waals surface area contributed by atoms with Gasteiger partial charge in [-0.3, -0.25) is 4.79 Å². The van der Waals surface area contributed by atoms with Gasteiger partial charge in [-0.15, -0.1) is 0 Å². The normalized spacial score (nSPS) is 11.4. The molecule has 0 aliphatic heterocycles. The molecule has 0 saturated heterocycles. The van der Waals surface area contributed by atoms with Gasteiger partial charge in [-0.1, -0.05) is 0 Å². The van der Waals surface area contributed by atoms with Crippen LogP contribution in [-0.2, 0) is 6.18 Å². The van der Waals surface area contributed by atoms with E-state index >= 15 is 0 Å². The monoisotopic (exact) mass is 250 g/mol. The van der Waals surface area contributed by atoms with Gasteiger partial charge in [0, 0.05) is 5.56 Å². The molecule has 1 aromatic heterocycles. The lowest BCUT2D eigenvalue weighted by Gasteiger charge is -2.11. The second-order valence-electron chi connectivity index (χ2n) is 2.89. The van der Waals surface area contributed by atoms with Gasteiger partial charge < -0.3 is 0 Å². The number of hydrogen-bond acceptors (Lipinski definition) is 3. The van der Waals surface area contributed by atoms with Crippen LogP contribution in [0.1, 0.15) is 33.7 Å². The van der Waals surface area contributed by atoms with Gasteiger partial charge in [0.1, 0.15) is 11.8 Å². The van der Waals surface area contributed by atoms with E-state index < -0.39 is 35.1 Å². The Labute approximate surface area is 91.5 Å². The van der Waals surface area contributed by atoms with E-state index in [1.807, 2.05) is 0 Å². The first kappa shape index (κ1) is 13.0. The zero-order valence-corrected chi connectivity index (χ0v) is 7.92. The van der Waals surface area contributed by atoms with E-state index in [-0.39, 0.29) is 6.29 Å². The summed E-state index contributed by atoms with van der Waals surface area (Å²) in [5, 5.41) is 8.46. The van der Waals surface area contributed by atoms with Crippen LogP contribution < -0.4 is 0 Å². The number of nitrogens with zero attached hydrogens (tertiary/aromatic N) is 2. The molecule has 8 heteroatoms. The van der Waals surface area contributed by atoms with Crippen molar-refractivity contribution in [1.29, 1.82) is 5.26 Å². The van der Waals surface area contributed by atoms with E-state index in [2.05, 4.69) is 4.98 Å². The molecule has 0 N–H and O–H groups in total. The topological polar surface area (TPSA) is 53.8 Å². The number of pyridine rings is 1. The lowest BCUT2D eigenvalue weighted by Crippen LogP contribution is -2.14. The standard InChI is InChI=1S/C9H3F5N2O/c10-8(11)6-4(2-15)1-5(3-17)7(16-6)9(12,13)14/h1,3,8H. The van der Waals surface area contributed by atoms with E-state index in [0.717, 1.165) is 0 Å². The number of rotatable bonds is 2. The van der Waals surface area contributed by atoms with E-state index in [1.54, 1.807) is 0 Å². The number of aldehydes is 1. The molecule has 0 aromatic carbocycles. The molecule has 0 bridgehead atoms. The van der Waals surface area contributed by atoms with Gasteiger partial charge in [0.25, 0.3) is 6.43 Å². The van der Waals surface area contributed by atoms with Crippen LogP contribution in [0.2, 0.25) is 0 Å². The van der Waals surface area contributed by atoms with Gasteiger partial charge in [0.05, 0.1) is 5.56 Å². The summed E-state index contributed by atoms with van der Waals surface area (Å²) < 4.78 is 61.8. The Bertz CT molecular complexity index is 489. The average Bonchev–Trinajstić information content (AvgIpc) is 2.25. The summed E-state index contributed by atoms with van der Waals surface area (Å²) in [6, 6.07) is 1.71. The van der Waals surface area contributed by atoms with Gasteiger partial charge in [-0.2, -0.15) is 18.4 Å². The number of nitriles is 1. The number of carbonyl (C=O) groups is 1. The van der Waals surface area contributed by atoms with Crippen LogP contribution in [0.15, 0.2) is 6.07 Å². The van der Waals surface area contributed by atoms with E-state index in [0.29, 0.717) is 6.07 Å². The Morgan fingerprint density at radius 2 is 2.00 bits per heavy atom. The molecule has 1 rings (SSSR count). The molecular weight excluding hydrogens is 247 g/mol. The summed E-state index contributed by atoms with van der Waals surface area (Å²) in [5.74, 6) is 0. The summed E-state index contributed by atoms with van der Waals surface area (Å²) in [6.07, 6.45) is -8.55. The minimum absolute atomic E-state index is 0.189. The van der Waals surface area contributed by atoms with Crippen molar-refractivity contribution in [3.8, 4) is 6.07 Å². The molecule has 1 heterocycles. The zero-order valence-electron chi connectivity index (χ0n) is 7.92. The van der Waals surface area contributed by atoms with E-state index in [9.17, 15) is 26.7 Å². The molecule has 0 amide bonds. The first-order chi connectivity index (χ1) is 7.81. The fraction of sp³-hybridized carbons (Fsp3) is 0.222. The quantitative estimate of drug-likeness (QED) is 0.599. The van der Waals surface area contributed by atoms with Crippen LogP contribution in [0.5, 0.6) is 0 Å². The Kier molecular flexibility index (Phi) is 3.41. The van der Waals surface area contributed by atoms with Crippen LogP contribution in [0, 0.1) is 11.3 Å². The highest BCUT2D eigenvalue weighted by Crippen LogP contribution is 2.32. The van der Waals surface area contributed by atoms with E-state index in [4.69, 9.17) is 5.26 Å². The highest BCUT2D eigenvalue weighted by molar-refractivity contribution is 5.77. The number of aromatic nitrogens is 1. The summed E-state index contributed by atoms with van der Waals surface area (Å²) in [7, 11) is 0. The predicted octanol–water partition coefficient (Wildman–Crippen LogP) is 2.72. The highest BCUT2D eigenvalue weighted by atomic mass is 19.4. The third kappa shape index (κ3) is 2.55. The van der Waals surface area contributed by atoms with Crippen LogP contribution >= 0.6 is 0 Å². The molecule has 0 aliphatic rings. The summed E-state index contributed by atoms with van der Waals surface area (Å²) in [6.45, 7) is 0. The highest BCUT2D eigenvalue weighted by Gasteiger charge is 2.37. The number of alkyl halides is 5. The Balaban J connectivity index is 3.57. The molecule has 3 nitrogen and oxygen atoms in total. The minimum Gasteiger partial charge on any atom is -0.298 e. The lowest BCUT2D eigenvalue weighted by atomic mass is 10.1. The molecule has 17 heavy (non-hydrogen) atoms. The van der Waals surface area contributed by atoms with Crippen molar-refractivity contribution in [3.05, 3.63) is 28.6 Å². The Morgan fingerprint density at radius 1 is 1.41 bits per heavy atom. The molecule has 0 atom stereocenters. The SMILES string of the molecule is N#Cc1cc(C=O)c(C(F)(F)F)nc1C(F)F. The maximum absolute atomic E-state index is 12.4. The van der Waals surface area contributed by atoms with Crippen LogP contribution in [0.3, 0.4) is 0 Å². The zero-order chi connectivity index (χ0) is 13.2. The molecule has 0 unspecified atom stereocenters. The molecule has 1 aromatic rings. The number of carbonyl (C=O) groups excluding carboxylic acids is 1. The fourth-order valence-electron chi connectivity index (χ4n) is 1.12. The van der Waals surface area contributed by atoms with Gasteiger partial charge >= 0.3 is 6.18 Å². The first-order valence-electron chi connectivity index (χ1n) is 4.06. The van der Waals surface area contributed by atoms with Crippen molar-refractivity contribution in [1.82, 2.24) is 4.98 Å². The lowest BCUT2D eigenvalue weighted by molar-refractivity contribution is -0.141. The number of hydrogen-bond donors (Lipinski definition) is 0. The Hall–Kier alpha value is -2.04. The van der Waals surface area contributed by atoms with Gasteiger partial charge in [0.2, 0.25) is 0 Å². The third-order valence-corrected chi connectivity index (χ3v) is 1.80. The predicted molar refractivity (Wildman–Crippen MR) is 44.3 cm³/mol. The van der Waals surface area contributed by atoms with Crippen molar-refractivity contribution in [2.75, 3.05) is 0 Å². The summed E-state index contributed by atoms with van der Waals surface area (Å²) in [5.41, 5.74) is -4.71. The van der Waals surface area contributed by atoms with Crippen molar-refractivity contribution in [2.45, 2.75) is 12.6 Å².